The third-order valence-electron chi connectivity index (χ3n) is 2.37. The summed E-state index contributed by atoms with van der Waals surface area (Å²) in [6, 6.07) is 0. The van der Waals surface area contributed by atoms with Gasteiger partial charge in [-0.05, 0) is 13.3 Å². The van der Waals surface area contributed by atoms with E-state index in [4.69, 9.17) is 9.84 Å². The molecule has 0 aliphatic heterocycles. The lowest BCUT2D eigenvalue weighted by Gasteiger charge is -2.25. The molecule has 0 saturated carbocycles. The molecule has 2 unspecified atom stereocenters. The van der Waals surface area contributed by atoms with Crippen molar-refractivity contribution >= 4 is 5.91 Å². The molecular weight excluding hydrogens is 208 g/mol. The van der Waals surface area contributed by atoms with Gasteiger partial charge in [-0.2, -0.15) is 0 Å². The maximum Gasteiger partial charge on any atom is 0.265 e. The minimum absolute atomic E-state index is 0.417. The van der Waals surface area contributed by atoms with Crippen LogP contribution < -0.4 is 5.32 Å². The fourth-order valence-electron chi connectivity index (χ4n) is 0.871. The fraction of sp³-hybridized carbons (Fsp3) is 0.889. The number of hydrogen-bond donors (Lipinski definition) is 2. The van der Waals surface area contributed by atoms with Gasteiger partial charge in [0.05, 0.1) is 0 Å². The number of nitrogens with one attached hydrogen (secondary N) is 1. The van der Waals surface area contributed by atoms with Crippen molar-refractivity contribution in [3.63, 3.8) is 0 Å². The molecular formula is C9H17F2NO3. The van der Waals surface area contributed by atoms with Crippen molar-refractivity contribution < 1.29 is 23.4 Å². The van der Waals surface area contributed by atoms with E-state index in [0.29, 0.717) is 6.42 Å². The van der Waals surface area contributed by atoms with E-state index in [1.807, 2.05) is 0 Å². The first-order valence-corrected chi connectivity index (χ1v) is 4.67. The molecule has 4 nitrogen and oxygen atoms in total. The molecule has 90 valence electrons. The third-order valence-corrected chi connectivity index (χ3v) is 2.37. The monoisotopic (exact) mass is 225 g/mol. The zero-order valence-corrected chi connectivity index (χ0v) is 9.09. The number of carbonyl (C=O) groups excluding carboxylic acids is 1. The molecule has 0 radical (unpaired) electrons. The summed E-state index contributed by atoms with van der Waals surface area (Å²) < 4.78 is 28.8. The van der Waals surface area contributed by atoms with Gasteiger partial charge in [-0.15, -0.1) is 0 Å². The predicted molar refractivity (Wildman–Crippen MR) is 50.7 cm³/mol. The van der Waals surface area contributed by atoms with Crippen LogP contribution in [0.2, 0.25) is 0 Å². The van der Waals surface area contributed by atoms with E-state index in [2.05, 4.69) is 5.32 Å². The molecule has 2 atom stereocenters. The summed E-state index contributed by atoms with van der Waals surface area (Å²) >= 11 is 0. The molecule has 0 aromatic rings. The number of aliphatic hydroxyl groups excluding tert-OH is 1. The quantitative estimate of drug-likeness (QED) is 0.693. The van der Waals surface area contributed by atoms with E-state index in [-0.39, 0.29) is 0 Å². The highest BCUT2D eigenvalue weighted by Gasteiger charge is 2.31. The maximum absolute atomic E-state index is 11.9. The van der Waals surface area contributed by atoms with E-state index >= 15 is 0 Å². The highest BCUT2D eigenvalue weighted by Crippen LogP contribution is 2.13. The SMILES string of the molecule is CCC(C)(OC)C(=O)NCC(O)C(F)F. The van der Waals surface area contributed by atoms with Gasteiger partial charge < -0.3 is 15.2 Å². The second-order valence-corrected chi connectivity index (χ2v) is 3.40. The summed E-state index contributed by atoms with van der Waals surface area (Å²) in [6.07, 6.45) is -4.28. The zero-order valence-electron chi connectivity index (χ0n) is 9.09. The van der Waals surface area contributed by atoms with E-state index in [9.17, 15) is 13.6 Å². The van der Waals surface area contributed by atoms with Crippen molar-refractivity contribution in [2.24, 2.45) is 0 Å². The number of rotatable bonds is 6. The van der Waals surface area contributed by atoms with Crippen LogP contribution in [0.5, 0.6) is 0 Å². The van der Waals surface area contributed by atoms with Gasteiger partial charge in [0.2, 0.25) is 0 Å². The summed E-state index contributed by atoms with van der Waals surface area (Å²) in [6.45, 7) is 2.82. The molecule has 0 aromatic carbocycles. The van der Waals surface area contributed by atoms with Gasteiger partial charge in [-0.25, -0.2) is 8.78 Å². The van der Waals surface area contributed by atoms with Crippen LogP contribution in [-0.2, 0) is 9.53 Å². The van der Waals surface area contributed by atoms with Gasteiger partial charge in [0.15, 0.2) is 0 Å². The number of ether oxygens (including phenoxy) is 1. The molecule has 0 rings (SSSR count). The summed E-state index contributed by atoms with van der Waals surface area (Å²) in [5.74, 6) is -0.507. The zero-order chi connectivity index (χ0) is 12.1. The third kappa shape index (κ3) is 4.09. The molecule has 0 saturated heterocycles. The molecule has 1 amide bonds. The van der Waals surface area contributed by atoms with Crippen LogP contribution in [0.3, 0.4) is 0 Å². The number of aliphatic hydroxyl groups is 1. The summed E-state index contributed by atoms with van der Waals surface area (Å²) in [5, 5.41) is 11.0. The van der Waals surface area contributed by atoms with Gasteiger partial charge in [-0.1, -0.05) is 6.92 Å². The average Bonchev–Trinajstić information content (AvgIpc) is 2.23. The molecule has 0 heterocycles. The number of alkyl halides is 2. The van der Waals surface area contributed by atoms with Crippen molar-refractivity contribution in [1.29, 1.82) is 0 Å². The van der Waals surface area contributed by atoms with Crippen LogP contribution in [-0.4, -0.2) is 42.8 Å². The molecule has 6 heteroatoms. The van der Waals surface area contributed by atoms with E-state index in [1.165, 1.54) is 7.11 Å². The Morgan fingerprint density at radius 1 is 1.60 bits per heavy atom. The first-order valence-electron chi connectivity index (χ1n) is 4.67. The normalized spacial score (nSPS) is 17.3. The summed E-state index contributed by atoms with van der Waals surface area (Å²) in [7, 11) is 1.37. The highest BCUT2D eigenvalue weighted by molar-refractivity contribution is 5.84. The molecule has 0 bridgehead atoms. The minimum atomic E-state index is -2.86. The lowest BCUT2D eigenvalue weighted by molar-refractivity contribution is -0.142. The van der Waals surface area contributed by atoms with E-state index < -0.39 is 30.6 Å². The standard InChI is InChI=1S/C9H17F2NO3/c1-4-9(2,15-3)8(14)12-5-6(13)7(10)11/h6-7,13H,4-5H2,1-3H3,(H,12,14). The Bertz CT molecular complexity index is 208. The molecule has 0 spiro atoms. The van der Waals surface area contributed by atoms with Gasteiger partial charge >= 0.3 is 0 Å². The Labute approximate surface area is 87.6 Å². The molecule has 0 aliphatic carbocycles. The van der Waals surface area contributed by atoms with Crippen molar-refractivity contribution in [3.05, 3.63) is 0 Å². The van der Waals surface area contributed by atoms with Crippen molar-refractivity contribution in [2.75, 3.05) is 13.7 Å². The lowest BCUT2D eigenvalue weighted by atomic mass is 10.0. The van der Waals surface area contributed by atoms with Gasteiger partial charge in [0, 0.05) is 13.7 Å². The maximum atomic E-state index is 11.9. The average molecular weight is 225 g/mol. The molecule has 0 aliphatic rings. The van der Waals surface area contributed by atoms with Crippen LogP contribution in [0.15, 0.2) is 0 Å². The summed E-state index contributed by atoms with van der Waals surface area (Å²) in [4.78, 5) is 11.5. The first kappa shape index (κ1) is 14.2. The summed E-state index contributed by atoms with van der Waals surface area (Å²) in [5.41, 5.74) is -1.04. The number of methoxy groups -OCH3 is 1. The predicted octanol–water partition coefficient (Wildman–Crippen LogP) is 0.544. The Balaban J connectivity index is 4.14. The Morgan fingerprint density at radius 3 is 2.47 bits per heavy atom. The lowest BCUT2D eigenvalue weighted by Crippen LogP contribution is -2.48. The minimum Gasteiger partial charge on any atom is -0.385 e. The van der Waals surface area contributed by atoms with Crippen LogP contribution in [0, 0.1) is 0 Å². The Morgan fingerprint density at radius 2 is 2.13 bits per heavy atom. The van der Waals surface area contributed by atoms with Crippen LogP contribution in [0.1, 0.15) is 20.3 Å². The first-order chi connectivity index (χ1) is 6.87. The van der Waals surface area contributed by atoms with Gasteiger partial charge in [0.25, 0.3) is 12.3 Å². The largest absolute Gasteiger partial charge is 0.385 e. The van der Waals surface area contributed by atoms with Crippen molar-refractivity contribution in [3.8, 4) is 0 Å². The van der Waals surface area contributed by atoms with Gasteiger partial charge in [-0.3, -0.25) is 4.79 Å². The molecule has 2 N–H and O–H groups in total. The second kappa shape index (κ2) is 5.97. The van der Waals surface area contributed by atoms with Crippen molar-refractivity contribution in [1.82, 2.24) is 5.32 Å². The molecule has 15 heavy (non-hydrogen) atoms. The fourth-order valence-corrected chi connectivity index (χ4v) is 0.871. The number of hydrogen-bond acceptors (Lipinski definition) is 3. The van der Waals surface area contributed by atoms with Crippen LogP contribution >= 0.6 is 0 Å². The Hall–Kier alpha value is -0.750. The van der Waals surface area contributed by atoms with Crippen LogP contribution in [0.4, 0.5) is 8.78 Å². The van der Waals surface area contributed by atoms with E-state index in [1.54, 1.807) is 13.8 Å². The highest BCUT2D eigenvalue weighted by atomic mass is 19.3. The molecule has 0 fully saturated rings. The second-order valence-electron chi connectivity index (χ2n) is 3.40. The number of amides is 1. The number of carbonyl (C=O) groups is 1. The Kier molecular flexibility index (Phi) is 5.67. The van der Waals surface area contributed by atoms with E-state index in [0.717, 1.165) is 0 Å². The van der Waals surface area contributed by atoms with Gasteiger partial charge in [0.1, 0.15) is 11.7 Å². The van der Waals surface area contributed by atoms with Crippen LogP contribution in [0.25, 0.3) is 0 Å². The topological polar surface area (TPSA) is 58.6 Å². The van der Waals surface area contributed by atoms with Crippen molar-refractivity contribution in [2.45, 2.75) is 38.4 Å². The molecule has 0 aromatic heterocycles. The smallest absolute Gasteiger partial charge is 0.265 e. The number of halogens is 2.